The molecule has 1 aromatic heterocycles. The number of ether oxygens (including phenoxy) is 1. The fourth-order valence-corrected chi connectivity index (χ4v) is 2.30. The smallest absolute Gasteiger partial charge is 0.270 e. The molecule has 6 nitrogen and oxygen atoms in total. The maximum absolute atomic E-state index is 12.1. The molecule has 0 radical (unpaired) electrons. The van der Waals surface area contributed by atoms with Gasteiger partial charge in [-0.2, -0.15) is 0 Å². The molecule has 6 heteroatoms. The van der Waals surface area contributed by atoms with E-state index in [1.54, 1.807) is 20.1 Å². The SMILES string of the molecule is COCCNC(=O)c1cc(Nc2cc(C)cc(C)c2)nc(C)n1. The number of hydrogen-bond acceptors (Lipinski definition) is 5. The third-order valence-electron chi connectivity index (χ3n) is 3.16. The molecule has 0 aliphatic rings. The van der Waals surface area contributed by atoms with E-state index in [0.29, 0.717) is 30.5 Å². The lowest BCUT2D eigenvalue weighted by Gasteiger charge is -2.10. The van der Waals surface area contributed by atoms with Crippen LogP contribution in [0.4, 0.5) is 11.5 Å². The summed E-state index contributed by atoms with van der Waals surface area (Å²) in [5.74, 6) is 0.895. The van der Waals surface area contributed by atoms with Crippen LogP contribution in [0.25, 0.3) is 0 Å². The Morgan fingerprint density at radius 1 is 1.09 bits per heavy atom. The van der Waals surface area contributed by atoms with Gasteiger partial charge < -0.3 is 15.4 Å². The number of nitrogens with zero attached hydrogens (tertiary/aromatic N) is 2. The molecule has 0 bridgehead atoms. The van der Waals surface area contributed by atoms with Gasteiger partial charge in [0.15, 0.2) is 0 Å². The average molecular weight is 314 g/mol. The van der Waals surface area contributed by atoms with Gasteiger partial charge in [-0.25, -0.2) is 9.97 Å². The quantitative estimate of drug-likeness (QED) is 0.801. The number of amides is 1. The minimum absolute atomic E-state index is 0.240. The molecule has 0 saturated heterocycles. The normalized spacial score (nSPS) is 10.4. The Kier molecular flexibility index (Phi) is 5.65. The standard InChI is InChI=1S/C17H22N4O2/c1-11-7-12(2)9-14(8-11)21-16-10-15(19-13(3)20-16)17(22)18-5-6-23-4/h7-10H,5-6H2,1-4H3,(H,18,22)(H,19,20,21). The van der Waals surface area contributed by atoms with Crippen molar-refractivity contribution >= 4 is 17.4 Å². The summed E-state index contributed by atoms with van der Waals surface area (Å²) in [5.41, 5.74) is 3.60. The highest BCUT2D eigenvalue weighted by Crippen LogP contribution is 2.18. The topological polar surface area (TPSA) is 76.1 Å². The fraction of sp³-hybridized carbons (Fsp3) is 0.353. The predicted molar refractivity (Wildman–Crippen MR) is 90.2 cm³/mol. The molecule has 2 N–H and O–H groups in total. The summed E-state index contributed by atoms with van der Waals surface area (Å²) in [4.78, 5) is 20.6. The summed E-state index contributed by atoms with van der Waals surface area (Å²) in [6, 6.07) is 7.81. The van der Waals surface area contributed by atoms with E-state index in [-0.39, 0.29) is 5.91 Å². The highest BCUT2D eigenvalue weighted by molar-refractivity contribution is 5.93. The van der Waals surface area contributed by atoms with E-state index in [2.05, 4.69) is 26.7 Å². The van der Waals surface area contributed by atoms with Gasteiger partial charge in [0.2, 0.25) is 0 Å². The molecule has 0 atom stereocenters. The number of hydrogen-bond donors (Lipinski definition) is 2. The van der Waals surface area contributed by atoms with Crippen LogP contribution in [0.15, 0.2) is 24.3 Å². The molecular weight excluding hydrogens is 292 g/mol. The molecule has 0 saturated carbocycles. The van der Waals surface area contributed by atoms with Crippen LogP contribution in [0.1, 0.15) is 27.4 Å². The Morgan fingerprint density at radius 3 is 2.43 bits per heavy atom. The molecule has 0 aliphatic heterocycles. The van der Waals surface area contributed by atoms with Crippen LogP contribution in [0.5, 0.6) is 0 Å². The van der Waals surface area contributed by atoms with Gasteiger partial charge in [-0.3, -0.25) is 4.79 Å². The van der Waals surface area contributed by atoms with Gasteiger partial charge in [0.25, 0.3) is 5.91 Å². The highest BCUT2D eigenvalue weighted by Gasteiger charge is 2.10. The number of aromatic nitrogens is 2. The minimum Gasteiger partial charge on any atom is -0.383 e. The number of benzene rings is 1. The molecule has 1 amide bonds. The van der Waals surface area contributed by atoms with Crippen LogP contribution >= 0.6 is 0 Å². The maximum Gasteiger partial charge on any atom is 0.270 e. The second kappa shape index (κ2) is 7.69. The molecule has 1 heterocycles. The Morgan fingerprint density at radius 2 is 1.78 bits per heavy atom. The number of aryl methyl sites for hydroxylation is 3. The van der Waals surface area contributed by atoms with Gasteiger partial charge in [0.05, 0.1) is 6.61 Å². The maximum atomic E-state index is 12.1. The lowest BCUT2D eigenvalue weighted by molar-refractivity contribution is 0.0932. The van der Waals surface area contributed by atoms with Crippen molar-refractivity contribution < 1.29 is 9.53 Å². The Labute approximate surface area is 136 Å². The summed E-state index contributed by atoms with van der Waals surface area (Å²) in [6.45, 7) is 6.75. The number of rotatable bonds is 6. The molecule has 1 aromatic carbocycles. The van der Waals surface area contributed by atoms with Gasteiger partial charge in [-0.15, -0.1) is 0 Å². The minimum atomic E-state index is -0.240. The molecular formula is C17H22N4O2. The second-order valence-electron chi connectivity index (χ2n) is 5.44. The van der Waals surface area contributed by atoms with Crippen LogP contribution in [-0.4, -0.2) is 36.1 Å². The van der Waals surface area contributed by atoms with E-state index in [4.69, 9.17) is 4.74 Å². The lowest BCUT2D eigenvalue weighted by Crippen LogP contribution is -2.28. The second-order valence-corrected chi connectivity index (χ2v) is 5.44. The summed E-state index contributed by atoms with van der Waals surface area (Å²) in [7, 11) is 1.59. The Hall–Kier alpha value is -2.47. The number of methoxy groups -OCH3 is 1. The van der Waals surface area contributed by atoms with Crippen molar-refractivity contribution in [3.63, 3.8) is 0 Å². The molecule has 0 fully saturated rings. The number of carbonyl (C=O) groups is 1. The van der Waals surface area contributed by atoms with Crippen LogP contribution in [0.2, 0.25) is 0 Å². The fourth-order valence-electron chi connectivity index (χ4n) is 2.30. The molecule has 23 heavy (non-hydrogen) atoms. The average Bonchev–Trinajstić information content (AvgIpc) is 2.45. The zero-order chi connectivity index (χ0) is 16.8. The van der Waals surface area contributed by atoms with Crippen LogP contribution in [0, 0.1) is 20.8 Å². The zero-order valence-corrected chi connectivity index (χ0v) is 13.9. The van der Waals surface area contributed by atoms with E-state index in [1.165, 1.54) is 0 Å². The monoisotopic (exact) mass is 314 g/mol. The van der Waals surface area contributed by atoms with E-state index in [9.17, 15) is 4.79 Å². The Bertz CT molecular complexity index is 681. The first-order chi connectivity index (χ1) is 11.0. The third-order valence-corrected chi connectivity index (χ3v) is 3.16. The number of nitrogens with one attached hydrogen (secondary N) is 2. The molecule has 0 spiro atoms. The van der Waals surface area contributed by atoms with Gasteiger partial charge in [-0.1, -0.05) is 6.07 Å². The summed E-state index contributed by atoms with van der Waals surface area (Å²) in [5, 5.41) is 5.99. The van der Waals surface area contributed by atoms with Crippen LogP contribution in [-0.2, 0) is 4.74 Å². The Balaban J connectivity index is 2.18. The number of carbonyl (C=O) groups excluding carboxylic acids is 1. The zero-order valence-electron chi connectivity index (χ0n) is 13.9. The van der Waals surface area contributed by atoms with Crippen molar-refractivity contribution in [3.05, 3.63) is 46.9 Å². The van der Waals surface area contributed by atoms with E-state index < -0.39 is 0 Å². The summed E-state index contributed by atoms with van der Waals surface area (Å²) >= 11 is 0. The van der Waals surface area contributed by atoms with Crippen molar-refractivity contribution in [2.24, 2.45) is 0 Å². The van der Waals surface area contributed by atoms with Gasteiger partial charge >= 0.3 is 0 Å². The van der Waals surface area contributed by atoms with Crippen molar-refractivity contribution in [1.29, 1.82) is 0 Å². The van der Waals surface area contributed by atoms with Crippen LogP contribution in [0.3, 0.4) is 0 Å². The van der Waals surface area contributed by atoms with E-state index >= 15 is 0 Å². The highest BCUT2D eigenvalue weighted by atomic mass is 16.5. The lowest BCUT2D eigenvalue weighted by atomic mass is 10.1. The van der Waals surface area contributed by atoms with E-state index in [0.717, 1.165) is 16.8 Å². The van der Waals surface area contributed by atoms with Gasteiger partial charge in [0.1, 0.15) is 17.3 Å². The number of anilines is 2. The molecule has 0 unspecified atom stereocenters. The van der Waals surface area contributed by atoms with Crippen LogP contribution < -0.4 is 10.6 Å². The van der Waals surface area contributed by atoms with Crippen molar-refractivity contribution in [2.45, 2.75) is 20.8 Å². The predicted octanol–water partition coefficient (Wildman–Crippen LogP) is 2.52. The first kappa shape index (κ1) is 16.9. The van der Waals surface area contributed by atoms with Gasteiger partial charge in [-0.05, 0) is 44.0 Å². The van der Waals surface area contributed by atoms with Crippen molar-refractivity contribution in [1.82, 2.24) is 15.3 Å². The summed E-state index contributed by atoms with van der Waals surface area (Å²) in [6.07, 6.45) is 0. The molecule has 2 rings (SSSR count). The first-order valence-corrected chi connectivity index (χ1v) is 7.46. The molecule has 122 valence electrons. The van der Waals surface area contributed by atoms with Crippen molar-refractivity contribution in [2.75, 3.05) is 25.6 Å². The van der Waals surface area contributed by atoms with Crippen molar-refractivity contribution in [3.8, 4) is 0 Å². The molecule has 0 aliphatic carbocycles. The molecule has 2 aromatic rings. The van der Waals surface area contributed by atoms with Gasteiger partial charge in [0, 0.05) is 25.4 Å². The largest absolute Gasteiger partial charge is 0.383 e. The summed E-state index contributed by atoms with van der Waals surface area (Å²) < 4.78 is 4.92. The third kappa shape index (κ3) is 5.03. The van der Waals surface area contributed by atoms with E-state index in [1.807, 2.05) is 26.0 Å². The first-order valence-electron chi connectivity index (χ1n) is 7.46.